The molecule has 0 atom stereocenters. The second kappa shape index (κ2) is 5.09. The average molecular weight is 265 g/mol. The van der Waals surface area contributed by atoms with Crippen molar-refractivity contribution in [3.05, 3.63) is 64.6 Å². The summed E-state index contributed by atoms with van der Waals surface area (Å²) in [5.74, 6) is 0.977. The molecule has 2 aromatic heterocycles. The van der Waals surface area contributed by atoms with Gasteiger partial charge >= 0.3 is 0 Å². The molecule has 3 nitrogen and oxygen atoms in total. The standard InChI is InChI=1S/C15H11N3S/c16-9-12-1-3-13(4-2-12)10-18-7-6-17-15(18)14-5-8-19-11-14/h1-8,11H,10H2. The van der Waals surface area contributed by atoms with Crippen LogP contribution in [-0.4, -0.2) is 9.55 Å². The minimum Gasteiger partial charge on any atom is -0.327 e. The summed E-state index contributed by atoms with van der Waals surface area (Å²) in [6.45, 7) is 0.761. The fourth-order valence-electron chi connectivity index (χ4n) is 1.97. The molecule has 0 spiro atoms. The van der Waals surface area contributed by atoms with Crippen LogP contribution in [0.25, 0.3) is 11.4 Å². The third kappa shape index (κ3) is 2.42. The summed E-state index contributed by atoms with van der Waals surface area (Å²) in [5, 5.41) is 12.9. The van der Waals surface area contributed by atoms with Gasteiger partial charge in [-0.3, -0.25) is 0 Å². The van der Waals surface area contributed by atoms with Gasteiger partial charge < -0.3 is 4.57 Å². The molecule has 0 amide bonds. The molecule has 0 saturated carbocycles. The molecule has 19 heavy (non-hydrogen) atoms. The van der Waals surface area contributed by atoms with Gasteiger partial charge in [0.15, 0.2) is 0 Å². The van der Waals surface area contributed by atoms with Gasteiger partial charge in [0.05, 0.1) is 11.6 Å². The smallest absolute Gasteiger partial charge is 0.141 e. The lowest BCUT2D eigenvalue weighted by atomic mass is 10.1. The molecule has 3 rings (SSSR count). The molecule has 0 aliphatic carbocycles. The molecular weight excluding hydrogens is 254 g/mol. The van der Waals surface area contributed by atoms with Crippen molar-refractivity contribution < 1.29 is 0 Å². The molecule has 1 aromatic carbocycles. The van der Waals surface area contributed by atoms with Crippen molar-refractivity contribution in [2.24, 2.45) is 0 Å². The van der Waals surface area contributed by atoms with Crippen LogP contribution in [-0.2, 0) is 6.54 Å². The van der Waals surface area contributed by atoms with E-state index < -0.39 is 0 Å². The number of imidazole rings is 1. The van der Waals surface area contributed by atoms with E-state index in [4.69, 9.17) is 5.26 Å². The highest BCUT2D eigenvalue weighted by atomic mass is 32.1. The predicted molar refractivity (Wildman–Crippen MR) is 75.8 cm³/mol. The first kappa shape index (κ1) is 11.7. The van der Waals surface area contributed by atoms with Gasteiger partial charge in [-0.2, -0.15) is 16.6 Å². The molecule has 2 heterocycles. The predicted octanol–water partition coefficient (Wildman–Crippen LogP) is 3.53. The van der Waals surface area contributed by atoms with Crippen molar-refractivity contribution in [1.82, 2.24) is 9.55 Å². The quantitative estimate of drug-likeness (QED) is 0.727. The Bertz CT molecular complexity index is 703. The number of hydrogen-bond donors (Lipinski definition) is 0. The Labute approximate surface area is 115 Å². The summed E-state index contributed by atoms with van der Waals surface area (Å²) in [6, 6.07) is 11.9. The normalized spacial score (nSPS) is 10.3. The van der Waals surface area contributed by atoms with E-state index in [1.165, 1.54) is 0 Å². The van der Waals surface area contributed by atoms with Crippen molar-refractivity contribution in [1.29, 1.82) is 5.26 Å². The summed E-state index contributed by atoms with van der Waals surface area (Å²) in [5.41, 5.74) is 2.99. The molecule has 3 aromatic rings. The fraction of sp³-hybridized carbons (Fsp3) is 0.0667. The van der Waals surface area contributed by atoms with Crippen molar-refractivity contribution in [2.75, 3.05) is 0 Å². The number of nitriles is 1. The molecule has 0 saturated heterocycles. The van der Waals surface area contributed by atoms with Gasteiger partial charge in [-0.25, -0.2) is 4.98 Å². The van der Waals surface area contributed by atoms with E-state index in [0.29, 0.717) is 5.56 Å². The van der Waals surface area contributed by atoms with Crippen LogP contribution in [0.15, 0.2) is 53.5 Å². The topological polar surface area (TPSA) is 41.6 Å². The zero-order chi connectivity index (χ0) is 13.1. The van der Waals surface area contributed by atoms with Crippen LogP contribution in [0.4, 0.5) is 0 Å². The van der Waals surface area contributed by atoms with Gasteiger partial charge in [-0.15, -0.1) is 0 Å². The van der Waals surface area contributed by atoms with Crippen LogP contribution in [0.3, 0.4) is 0 Å². The number of aromatic nitrogens is 2. The van der Waals surface area contributed by atoms with Crippen molar-refractivity contribution >= 4 is 11.3 Å². The number of benzene rings is 1. The monoisotopic (exact) mass is 265 g/mol. The molecule has 0 bridgehead atoms. The zero-order valence-corrected chi connectivity index (χ0v) is 11.0. The maximum atomic E-state index is 8.79. The number of nitrogens with zero attached hydrogens (tertiary/aromatic N) is 3. The number of hydrogen-bond acceptors (Lipinski definition) is 3. The lowest BCUT2D eigenvalue weighted by Crippen LogP contribution is -2.00. The van der Waals surface area contributed by atoms with Crippen LogP contribution in [0, 0.1) is 11.3 Å². The molecule has 0 aliphatic rings. The van der Waals surface area contributed by atoms with E-state index in [0.717, 1.165) is 23.5 Å². The lowest BCUT2D eigenvalue weighted by molar-refractivity contribution is 0.807. The Morgan fingerprint density at radius 1 is 1.21 bits per heavy atom. The van der Waals surface area contributed by atoms with E-state index in [1.807, 2.05) is 36.7 Å². The molecule has 4 heteroatoms. The van der Waals surface area contributed by atoms with E-state index in [1.54, 1.807) is 11.3 Å². The second-order valence-electron chi connectivity index (χ2n) is 4.20. The van der Waals surface area contributed by atoms with Gasteiger partial charge in [-0.1, -0.05) is 12.1 Å². The SMILES string of the molecule is N#Cc1ccc(Cn2ccnc2-c2ccsc2)cc1. The Kier molecular flexibility index (Phi) is 3.13. The minimum atomic E-state index is 0.687. The lowest BCUT2D eigenvalue weighted by Gasteiger charge is -2.07. The maximum absolute atomic E-state index is 8.79. The first-order chi connectivity index (χ1) is 9.36. The van der Waals surface area contributed by atoms with Crippen LogP contribution in [0.1, 0.15) is 11.1 Å². The summed E-state index contributed by atoms with van der Waals surface area (Å²) in [6.07, 6.45) is 3.79. The first-order valence-corrected chi connectivity index (χ1v) is 6.84. The molecule has 0 radical (unpaired) electrons. The number of rotatable bonds is 3. The summed E-state index contributed by atoms with van der Waals surface area (Å²) < 4.78 is 2.11. The van der Waals surface area contributed by atoms with Crippen molar-refractivity contribution in [3.63, 3.8) is 0 Å². The Balaban J connectivity index is 1.88. The highest BCUT2D eigenvalue weighted by Crippen LogP contribution is 2.21. The average Bonchev–Trinajstić information content (AvgIpc) is 3.10. The molecule has 0 unspecified atom stereocenters. The van der Waals surface area contributed by atoms with Gasteiger partial charge in [-0.05, 0) is 29.1 Å². The maximum Gasteiger partial charge on any atom is 0.141 e. The largest absolute Gasteiger partial charge is 0.327 e. The fourth-order valence-corrected chi connectivity index (χ4v) is 2.60. The van der Waals surface area contributed by atoms with Gasteiger partial charge in [0.1, 0.15) is 5.82 Å². The number of thiophene rings is 1. The van der Waals surface area contributed by atoms with Gasteiger partial charge in [0.2, 0.25) is 0 Å². The third-order valence-corrected chi connectivity index (χ3v) is 3.61. The first-order valence-electron chi connectivity index (χ1n) is 5.89. The molecular formula is C15H11N3S. The van der Waals surface area contributed by atoms with E-state index in [2.05, 4.69) is 32.4 Å². The van der Waals surface area contributed by atoms with Crippen LogP contribution >= 0.6 is 11.3 Å². The molecule has 0 fully saturated rings. The Morgan fingerprint density at radius 3 is 2.74 bits per heavy atom. The highest BCUT2D eigenvalue weighted by Gasteiger charge is 2.06. The van der Waals surface area contributed by atoms with Gasteiger partial charge in [0.25, 0.3) is 0 Å². The summed E-state index contributed by atoms with van der Waals surface area (Å²) in [7, 11) is 0. The Morgan fingerprint density at radius 2 is 2.05 bits per heavy atom. The summed E-state index contributed by atoms with van der Waals surface area (Å²) in [4.78, 5) is 4.41. The van der Waals surface area contributed by atoms with Gasteiger partial charge in [0, 0.05) is 29.9 Å². The summed E-state index contributed by atoms with van der Waals surface area (Å²) >= 11 is 1.67. The van der Waals surface area contributed by atoms with E-state index in [9.17, 15) is 0 Å². The second-order valence-corrected chi connectivity index (χ2v) is 4.98. The van der Waals surface area contributed by atoms with Crippen LogP contribution in [0.2, 0.25) is 0 Å². The van der Waals surface area contributed by atoms with Crippen LogP contribution < -0.4 is 0 Å². The minimum absolute atomic E-state index is 0.687. The molecule has 0 aliphatic heterocycles. The van der Waals surface area contributed by atoms with E-state index >= 15 is 0 Å². The third-order valence-electron chi connectivity index (χ3n) is 2.93. The van der Waals surface area contributed by atoms with Crippen LogP contribution in [0.5, 0.6) is 0 Å². The zero-order valence-electron chi connectivity index (χ0n) is 10.2. The van der Waals surface area contributed by atoms with Crippen molar-refractivity contribution in [2.45, 2.75) is 6.54 Å². The van der Waals surface area contributed by atoms with Crippen molar-refractivity contribution in [3.8, 4) is 17.5 Å². The molecule has 0 N–H and O–H groups in total. The molecule has 92 valence electrons. The highest BCUT2D eigenvalue weighted by molar-refractivity contribution is 7.08. The Hall–Kier alpha value is -2.38. The van der Waals surface area contributed by atoms with E-state index in [-0.39, 0.29) is 0 Å².